The molecule has 1 aliphatic carbocycles. The van der Waals surface area contributed by atoms with E-state index in [0.717, 1.165) is 5.56 Å². The quantitative estimate of drug-likeness (QED) is 0.879. The van der Waals surface area contributed by atoms with Crippen LogP contribution in [0.15, 0.2) is 24.3 Å². The number of carbonyl (C=O) groups is 2. The molecule has 0 radical (unpaired) electrons. The Morgan fingerprint density at radius 3 is 2.61 bits per heavy atom. The lowest BCUT2D eigenvalue weighted by molar-refractivity contribution is -0.140. The van der Waals surface area contributed by atoms with Gasteiger partial charge in [0.05, 0.1) is 17.9 Å². The van der Waals surface area contributed by atoms with Crippen LogP contribution in [0, 0.1) is 11.8 Å². The van der Waals surface area contributed by atoms with Gasteiger partial charge >= 0.3 is 5.97 Å². The smallest absolute Gasteiger partial charge is 0.307 e. The Hall–Kier alpha value is -1.55. The summed E-state index contributed by atoms with van der Waals surface area (Å²) in [5.74, 6) is -2.04. The molecular weight excluding hydrogens is 254 g/mol. The number of hydrogen-bond donors (Lipinski definition) is 2. The van der Waals surface area contributed by atoms with Crippen LogP contribution in [-0.2, 0) is 9.59 Å². The van der Waals surface area contributed by atoms with E-state index < -0.39 is 17.8 Å². The lowest BCUT2D eigenvalue weighted by Gasteiger charge is -2.15. The number of nitrogens with one attached hydrogen (secondary N) is 1. The molecule has 1 aromatic rings. The minimum atomic E-state index is -0.902. The molecule has 18 heavy (non-hydrogen) atoms. The van der Waals surface area contributed by atoms with Gasteiger partial charge in [-0.15, -0.1) is 0 Å². The van der Waals surface area contributed by atoms with Crippen molar-refractivity contribution in [3.63, 3.8) is 0 Å². The van der Waals surface area contributed by atoms with Crippen molar-refractivity contribution < 1.29 is 14.7 Å². The molecule has 1 amide bonds. The van der Waals surface area contributed by atoms with Crippen molar-refractivity contribution >= 4 is 23.5 Å². The van der Waals surface area contributed by atoms with Gasteiger partial charge in [-0.25, -0.2) is 0 Å². The predicted octanol–water partition coefficient (Wildman–Crippen LogP) is 2.24. The van der Waals surface area contributed by atoms with E-state index in [-0.39, 0.29) is 11.9 Å². The molecule has 0 spiro atoms. The summed E-state index contributed by atoms with van der Waals surface area (Å²) in [6.07, 6.45) is 0.427. The zero-order valence-corrected chi connectivity index (χ0v) is 10.6. The number of carboxylic acids is 1. The van der Waals surface area contributed by atoms with E-state index in [4.69, 9.17) is 16.7 Å². The lowest BCUT2D eigenvalue weighted by Crippen LogP contribution is -2.29. The van der Waals surface area contributed by atoms with Crippen molar-refractivity contribution in [2.75, 3.05) is 0 Å². The zero-order valence-electron chi connectivity index (χ0n) is 9.89. The van der Waals surface area contributed by atoms with Crippen molar-refractivity contribution in [2.45, 2.75) is 19.4 Å². The van der Waals surface area contributed by atoms with Crippen LogP contribution < -0.4 is 5.32 Å². The third-order valence-electron chi connectivity index (χ3n) is 3.17. The topological polar surface area (TPSA) is 66.4 Å². The van der Waals surface area contributed by atoms with Crippen molar-refractivity contribution in [2.24, 2.45) is 11.8 Å². The summed E-state index contributed by atoms with van der Waals surface area (Å²) in [6, 6.07) is 7.05. The summed E-state index contributed by atoms with van der Waals surface area (Å²) in [5.41, 5.74) is 0.833. The summed E-state index contributed by atoms with van der Waals surface area (Å²) in [5, 5.41) is 12.2. The molecule has 0 aliphatic heterocycles. The van der Waals surface area contributed by atoms with Gasteiger partial charge in [0, 0.05) is 5.02 Å². The van der Waals surface area contributed by atoms with Gasteiger partial charge in [-0.3, -0.25) is 9.59 Å². The maximum Gasteiger partial charge on any atom is 0.307 e. The second-order valence-electron chi connectivity index (χ2n) is 4.54. The molecule has 0 heterocycles. The minimum Gasteiger partial charge on any atom is -0.481 e. The second kappa shape index (κ2) is 4.98. The van der Waals surface area contributed by atoms with Crippen LogP contribution in [0.5, 0.6) is 0 Å². The number of carboxylic acid groups (broad SMARTS) is 1. The van der Waals surface area contributed by atoms with E-state index in [9.17, 15) is 9.59 Å². The second-order valence-corrected chi connectivity index (χ2v) is 4.95. The molecule has 1 aromatic carbocycles. The Bertz CT molecular complexity index is 489. The average molecular weight is 268 g/mol. The Balaban J connectivity index is 1.97. The molecule has 96 valence electrons. The summed E-state index contributed by atoms with van der Waals surface area (Å²) >= 11 is 6.03. The molecule has 1 aliphatic rings. The van der Waals surface area contributed by atoms with Crippen LogP contribution in [0.3, 0.4) is 0 Å². The van der Waals surface area contributed by atoms with Gasteiger partial charge in [-0.05, 0) is 25.0 Å². The minimum absolute atomic E-state index is 0.213. The molecule has 3 atom stereocenters. The Kier molecular flexibility index (Phi) is 3.57. The monoisotopic (exact) mass is 267 g/mol. The van der Waals surface area contributed by atoms with Gasteiger partial charge in [0.15, 0.2) is 0 Å². The summed E-state index contributed by atoms with van der Waals surface area (Å²) in [4.78, 5) is 22.5. The fourth-order valence-electron chi connectivity index (χ4n) is 1.98. The normalized spacial score (nSPS) is 23.2. The maximum absolute atomic E-state index is 11.8. The van der Waals surface area contributed by atoms with Crippen LogP contribution in [0.4, 0.5) is 0 Å². The largest absolute Gasteiger partial charge is 0.481 e. The molecule has 0 saturated heterocycles. The number of rotatable bonds is 4. The number of carbonyl (C=O) groups excluding carboxylic acids is 1. The third-order valence-corrected chi connectivity index (χ3v) is 3.52. The highest BCUT2D eigenvalue weighted by atomic mass is 35.5. The van der Waals surface area contributed by atoms with E-state index in [1.807, 2.05) is 25.1 Å². The predicted molar refractivity (Wildman–Crippen MR) is 67.2 cm³/mol. The highest BCUT2D eigenvalue weighted by Crippen LogP contribution is 2.39. The van der Waals surface area contributed by atoms with Crippen LogP contribution in [0.25, 0.3) is 0 Å². The van der Waals surface area contributed by atoms with E-state index in [0.29, 0.717) is 11.4 Å². The third kappa shape index (κ3) is 2.64. The fourth-order valence-corrected chi connectivity index (χ4v) is 2.28. The number of benzene rings is 1. The first-order chi connectivity index (χ1) is 8.50. The van der Waals surface area contributed by atoms with Crippen LogP contribution in [0.2, 0.25) is 5.02 Å². The van der Waals surface area contributed by atoms with Crippen LogP contribution in [0.1, 0.15) is 24.9 Å². The molecule has 2 N–H and O–H groups in total. The van der Waals surface area contributed by atoms with Gasteiger partial charge in [0.1, 0.15) is 0 Å². The molecule has 1 saturated carbocycles. The molecular formula is C13H14ClNO3. The molecule has 0 unspecified atom stereocenters. The highest BCUT2D eigenvalue weighted by Gasteiger charge is 2.48. The molecule has 0 aromatic heterocycles. The highest BCUT2D eigenvalue weighted by molar-refractivity contribution is 6.31. The molecule has 0 bridgehead atoms. The zero-order chi connectivity index (χ0) is 13.3. The standard InChI is InChI=1S/C13H14ClNO3/c1-7(8-4-2-3-5-11(8)14)15-12(16)9-6-10(9)13(17)18/h2-5,7,9-10H,6H2,1H3,(H,15,16)(H,17,18)/t7-,9-,10+/m0/s1. The molecule has 2 rings (SSSR count). The van der Waals surface area contributed by atoms with Crippen molar-refractivity contribution in [3.8, 4) is 0 Å². The van der Waals surface area contributed by atoms with Gasteiger partial charge in [0.2, 0.25) is 5.91 Å². The number of halogens is 1. The lowest BCUT2D eigenvalue weighted by atomic mass is 10.1. The van der Waals surface area contributed by atoms with E-state index in [2.05, 4.69) is 5.32 Å². The summed E-state index contributed by atoms with van der Waals surface area (Å²) in [6.45, 7) is 1.83. The number of aliphatic carboxylic acids is 1. The van der Waals surface area contributed by atoms with Gasteiger partial charge < -0.3 is 10.4 Å². The first-order valence-electron chi connectivity index (χ1n) is 5.78. The fraction of sp³-hybridized carbons (Fsp3) is 0.385. The van der Waals surface area contributed by atoms with Gasteiger partial charge in [-0.2, -0.15) is 0 Å². The van der Waals surface area contributed by atoms with Crippen molar-refractivity contribution in [3.05, 3.63) is 34.9 Å². The Morgan fingerprint density at radius 1 is 1.39 bits per heavy atom. The number of hydrogen-bond acceptors (Lipinski definition) is 2. The molecule has 5 heteroatoms. The molecule has 1 fully saturated rings. The van der Waals surface area contributed by atoms with Crippen LogP contribution in [-0.4, -0.2) is 17.0 Å². The van der Waals surface area contributed by atoms with E-state index in [1.165, 1.54) is 0 Å². The van der Waals surface area contributed by atoms with Crippen molar-refractivity contribution in [1.82, 2.24) is 5.32 Å². The van der Waals surface area contributed by atoms with Gasteiger partial charge in [0.25, 0.3) is 0 Å². The van der Waals surface area contributed by atoms with Crippen LogP contribution >= 0.6 is 11.6 Å². The van der Waals surface area contributed by atoms with E-state index in [1.54, 1.807) is 6.07 Å². The molecule has 4 nitrogen and oxygen atoms in total. The SMILES string of the molecule is C[C@H](NC(=O)[C@H]1C[C@H]1C(=O)O)c1ccccc1Cl. The van der Waals surface area contributed by atoms with E-state index >= 15 is 0 Å². The first kappa shape index (κ1) is 12.9. The maximum atomic E-state index is 11.8. The Labute approximate surface area is 110 Å². The first-order valence-corrected chi connectivity index (χ1v) is 6.16. The summed E-state index contributed by atoms with van der Waals surface area (Å²) < 4.78 is 0. The van der Waals surface area contributed by atoms with Crippen molar-refractivity contribution in [1.29, 1.82) is 0 Å². The average Bonchev–Trinajstić information content (AvgIpc) is 3.09. The number of amides is 1. The van der Waals surface area contributed by atoms with Gasteiger partial charge in [-0.1, -0.05) is 29.8 Å². The summed E-state index contributed by atoms with van der Waals surface area (Å²) in [7, 11) is 0. The Morgan fingerprint density at radius 2 is 2.06 bits per heavy atom.